The fourth-order valence-corrected chi connectivity index (χ4v) is 2.02. The summed E-state index contributed by atoms with van der Waals surface area (Å²) in [5.74, 6) is 0.0371. The third-order valence-electron chi connectivity index (χ3n) is 2.42. The lowest BCUT2D eigenvalue weighted by Crippen LogP contribution is -2.47. The lowest BCUT2D eigenvalue weighted by molar-refractivity contribution is -0.142. The number of benzene rings is 1. The Morgan fingerprint density at radius 1 is 1.32 bits per heavy atom. The first-order chi connectivity index (χ1) is 9.17. The summed E-state index contributed by atoms with van der Waals surface area (Å²) in [6.45, 7) is 0.417. The van der Waals surface area contributed by atoms with Crippen molar-refractivity contribution in [2.75, 3.05) is 19.1 Å². The van der Waals surface area contributed by atoms with E-state index in [0.717, 1.165) is 5.56 Å². The zero-order chi connectivity index (χ0) is 14.1. The van der Waals surface area contributed by atoms with Crippen LogP contribution < -0.4 is 10.6 Å². The SMILES string of the molecule is COC(=O)[C@H](CSC)NC(=O)NCc1ccccc1. The molecule has 0 saturated heterocycles. The van der Waals surface area contributed by atoms with Gasteiger partial charge in [0.1, 0.15) is 6.04 Å². The molecule has 1 aromatic carbocycles. The van der Waals surface area contributed by atoms with Gasteiger partial charge in [0.25, 0.3) is 0 Å². The van der Waals surface area contributed by atoms with E-state index in [1.54, 1.807) is 0 Å². The average molecular weight is 282 g/mol. The fourth-order valence-electron chi connectivity index (χ4n) is 1.47. The van der Waals surface area contributed by atoms with E-state index in [9.17, 15) is 9.59 Å². The summed E-state index contributed by atoms with van der Waals surface area (Å²) in [5, 5.41) is 5.29. The zero-order valence-electron chi connectivity index (χ0n) is 11.0. The smallest absolute Gasteiger partial charge is 0.329 e. The minimum atomic E-state index is -0.629. The molecule has 104 valence electrons. The van der Waals surface area contributed by atoms with E-state index in [-0.39, 0.29) is 6.03 Å². The van der Waals surface area contributed by atoms with Gasteiger partial charge in [-0.15, -0.1) is 0 Å². The number of esters is 1. The Bertz CT molecular complexity index is 412. The summed E-state index contributed by atoms with van der Waals surface area (Å²) in [6.07, 6.45) is 1.86. The number of carbonyl (C=O) groups excluding carboxylic acids is 2. The van der Waals surface area contributed by atoms with E-state index in [4.69, 9.17) is 0 Å². The molecule has 0 aliphatic heterocycles. The molecule has 0 spiro atoms. The first kappa shape index (κ1) is 15.4. The minimum absolute atomic E-state index is 0.381. The van der Waals surface area contributed by atoms with Gasteiger partial charge in [0.15, 0.2) is 0 Å². The molecule has 0 saturated carbocycles. The molecule has 0 radical (unpaired) electrons. The van der Waals surface area contributed by atoms with E-state index in [1.807, 2.05) is 36.6 Å². The average Bonchev–Trinajstić information content (AvgIpc) is 2.45. The summed E-state index contributed by atoms with van der Waals surface area (Å²) in [5.41, 5.74) is 0.997. The first-order valence-electron chi connectivity index (χ1n) is 5.82. The topological polar surface area (TPSA) is 67.4 Å². The van der Waals surface area contributed by atoms with Gasteiger partial charge in [-0.2, -0.15) is 11.8 Å². The molecule has 0 heterocycles. The van der Waals surface area contributed by atoms with Gasteiger partial charge < -0.3 is 15.4 Å². The summed E-state index contributed by atoms with van der Waals surface area (Å²) >= 11 is 1.47. The van der Waals surface area contributed by atoms with Gasteiger partial charge in [-0.05, 0) is 11.8 Å². The molecule has 1 atom stereocenters. The number of carbonyl (C=O) groups is 2. The summed E-state index contributed by atoms with van der Waals surface area (Å²) in [6, 6.07) is 8.54. The van der Waals surface area contributed by atoms with Crippen LogP contribution in [-0.2, 0) is 16.1 Å². The zero-order valence-corrected chi connectivity index (χ0v) is 11.8. The highest BCUT2D eigenvalue weighted by Crippen LogP contribution is 2.00. The third-order valence-corrected chi connectivity index (χ3v) is 3.09. The van der Waals surface area contributed by atoms with Crippen molar-refractivity contribution in [2.24, 2.45) is 0 Å². The monoisotopic (exact) mass is 282 g/mol. The van der Waals surface area contributed by atoms with E-state index in [1.165, 1.54) is 18.9 Å². The van der Waals surface area contributed by atoms with Crippen LogP contribution in [0.2, 0.25) is 0 Å². The first-order valence-corrected chi connectivity index (χ1v) is 7.21. The number of urea groups is 1. The molecule has 6 heteroatoms. The Hall–Kier alpha value is -1.69. The van der Waals surface area contributed by atoms with Crippen molar-refractivity contribution in [2.45, 2.75) is 12.6 Å². The highest BCUT2D eigenvalue weighted by molar-refractivity contribution is 7.98. The Balaban J connectivity index is 2.42. The van der Waals surface area contributed by atoms with E-state index in [0.29, 0.717) is 12.3 Å². The second kappa shape index (κ2) is 8.42. The molecule has 0 fully saturated rings. The molecule has 1 aromatic rings. The number of methoxy groups -OCH3 is 1. The maximum Gasteiger partial charge on any atom is 0.329 e. The molecule has 5 nitrogen and oxygen atoms in total. The predicted octanol–water partition coefficient (Wildman–Crippen LogP) is 1.39. The van der Waals surface area contributed by atoms with Crippen LogP contribution in [0.3, 0.4) is 0 Å². The highest BCUT2D eigenvalue weighted by Gasteiger charge is 2.20. The third kappa shape index (κ3) is 5.65. The molecular weight excluding hydrogens is 264 g/mol. The highest BCUT2D eigenvalue weighted by atomic mass is 32.2. The maximum absolute atomic E-state index is 11.7. The summed E-state index contributed by atoms with van der Waals surface area (Å²) in [4.78, 5) is 23.1. The molecule has 0 unspecified atom stereocenters. The number of ether oxygens (including phenoxy) is 1. The van der Waals surface area contributed by atoms with Gasteiger partial charge in [0, 0.05) is 12.3 Å². The minimum Gasteiger partial charge on any atom is -0.467 e. The van der Waals surface area contributed by atoms with Gasteiger partial charge in [0.2, 0.25) is 0 Å². The van der Waals surface area contributed by atoms with Crippen molar-refractivity contribution < 1.29 is 14.3 Å². The van der Waals surface area contributed by atoms with Gasteiger partial charge in [-0.1, -0.05) is 30.3 Å². The van der Waals surface area contributed by atoms with Crippen LogP contribution >= 0.6 is 11.8 Å². The Morgan fingerprint density at radius 3 is 2.58 bits per heavy atom. The number of nitrogens with one attached hydrogen (secondary N) is 2. The number of rotatable bonds is 6. The van der Waals surface area contributed by atoms with Crippen molar-refractivity contribution in [3.8, 4) is 0 Å². The van der Waals surface area contributed by atoms with Crippen LogP contribution in [0.5, 0.6) is 0 Å². The lowest BCUT2D eigenvalue weighted by atomic mass is 10.2. The van der Waals surface area contributed by atoms with Gasteiger partial charge in [0.05, 0.1) is 7.11 Å². The van der Waals surface area contributed by atoms with Crippen LogP contribution in [0.1, 0.15) is 5.56 Å². The largest absolute Gasteiger partial charge is 0.467 e. The second-order valence-electron chi connectivity index (χ2n) is 3.84. The summed E-state index contributed by atoms with van der Waals surface area (Å²) < 4.78 is 4.63. The molecule has 19 heavy (non-hydrogen) atoms. The van der Waals surface area contributed by atoms with Crippen molar-refractivity contribution in [3.05, 3.63) is 35.9 Å². The number of amides is 2. The van der Waals surface area contributed by atoms with Crippen LogP contribution in [0.15, 0.2) is 30.3 Å². The summed E-state index contributed by atoms with van der Waals surface area (Å²) in [7, 11) is 1.30. The Kier molecular flexibility index (Phi) is 6.81. The molecule has 1 rings (SSSR count). The van der Waals surface area contributed by atoms with Crippen molar-refractivity contribution >= 4 is 23.8 Å². The van der Waals surface area contributed by atoms with Crippen molar-refractivity contribution in [1.82, 2.24) is 10.6 Å². The molecule has 0 aliphatic carbocycles. The standard InChI is InChI=1S/C13H18N2O3S/c1-18-12(16)11(9-19-2)15-13(17)14-8-10-6-4-3-5-7-10/h3-7,11H,8-9H2,1-2H3,(H2,14,15,17)/t11-/m0/s1. The van der Waals surface area contributed by atoms with Crippen molar-refractivity contribution in [3.63, 3.8) is 0 Å². The number of thioether (sulfide) groups is 1. The van der Waals surface area contributed by atoms with Crippen LogP contribution in [0.4, 0.5) is 4.79 Å². The number of hydrogen-bond donors (Lipinski definition) is 2. The predicted molar refractivity (Wildman–Crippen MR) is 76.0 cm³/mol. The van der Waals surface area contributed by atoms with Gasteiger partial charge in [-0.3, -0.25) is 0 Å². The Morgan fingerprint density at radius 2 is 2.00 bits per heavy atom. The van der Waals surface area contributed by atoms with E-state index >= 15 is 0 Å². The van der Waals surface area contributed by atoms with Gasteiger partial charge in [-0.25, -0.2) is 9.59 Å². The van der Waals surface area contributed by atoms with E-state index < -0.39 is 12.0 Å². The van der Waals surface area contributed by atoms with Crippen LogP contribution in [0.25, 0.3) is 0 Å². The molecule has 0 aliphatic rings. The van der Waals surface area contributed by atoms with E-state index in [2.05, 4.69) is 15.4 Å². The van der Waals surface area contributed by atoms with Crippen LogP contribution in [-0.4, -0.2) is 37.2 Å². The van der Waals surface area contributed by atoms with Crippen LogP contribution in [0, 0.1) is 0 Å². The lowest BCUT2D eigenvalue weighted by Gasteiger charge is -2.15. The van der Waals surface area contributed by atoms with Gasteiger partial charge >= 0.3 is 12.0 Å². The molecule has 2 amide bonds. The molecular formula is C13H18N2O3S. The fraction of sp³-hybridized carbons (Fsp3) is 0.385. The quantitative estimate of drug-likeness (QED) is 0.774. The normalized spacial score (nSPS) is 11.5. The van der Waals surface area contributed by atoms with Crippen molar-refractivity contribution in [1.29, 1.82) is 0 Å². The maximum atomic E-state index is 11.7. The Labute approximate surface area is 117 Å². The molecule has 0 bridgehead atoms. The second-order valence-corrected chi connectivity index (χ2v) is 4.75. The number of hydrogen-bond acceptors (Lipinski definition) is 4. The molecule has 0 aromatic heterocycles. The molecule has 2 N–H and O–H groups in total.